The largest absolute Gasteiger partial charge is 0.283 e. The fourth-order valence-corrected chi connectivity index (χ4v) is 3.41. The Morgan fingerprint density at radius 1 is 1.22 bits per heavy atom. The SMILES string of the molecule is Cc1cc(C)c(-c2cccs2)c(NS(C)(=O)=O)c1. The van der Waals surface area contributed by atoms with E-state index in [1.165, 1.54) is 6.26 Å². The Hall–Kier alpha value is -1.33. The Morgan fingerprint density at radius 3 is 2.50 bits per heavy atom. The van der Waals surface area contributed by atoms with Gasteiger partial charge in [0.1, 0.15) is 0 Å². The number of hydrogen-bond donors (Lipinski definition) is 1. The van der Waals surface area contributed by atoms with Gasteiger partial charge in [0.05, 0.1) is 11.9 Å². The summed E-state index contributed by atoms with van der Waals surface area (Å²) in [6, 6.07) is 7.88. The van der Waals surface area contributed by atoms with E-state index in [4.69, 9.17) is 0 Å². The van der Waals surface area contributed by atoms with Crippen molar-refractivity contribution in [2.24, 2.45) is 0 Å². The molecule has 18 heavy (non-hydrogen) atoms. The van der Waals surface area contributed by atoms with Crippen molar-refractivity contribution in [2.45, 2.75) is 13.8 Å². The maximum absolute atomic E-state index is 11.4. The summed E-state index contributed by atoms with van der Waals surface area (Å²) in [6.45, 7) is 3.95. The first-order valence-corrected chi connectivity index (χ1v) is 8.27. The lowest BCUT2D eigenvalue weighted by Crippen LogP contribution is -2.11. The lowest BCUT2D eigenvalue weighted by atomic mass is 10.0. The minimum absolute atomic E-state index is 0.650. The predicted octanol–water partition coefficient (Wildman–Crippen LogP) is 3.40. The van der Waals surface area contributed by atoms with Crippen LogP contribution in [0.15, 0.2) is 29.6 Å². The molecule has 0 saturated heterocycles. The van der Waals surface area contributed by atoms with Crippen LogP contribution in [-0.2, 0) is 10.0 Å². The molecule has 2 aromatic rings. The molecule has 0 bridgehead atoms. The standard InChI is InChI=1S/C13H15NO2S2/c1-9-7-10(2)13(12-5-4-6-17-12)11(8-9)14-18(3,15)16/h4-8,14H,1-3H3. The van der Waals surface area contributed by atoms with Crippen LogP contribution in [-0.4, -0.2) is 14.7 Å². The summed E-state index contributed by atoms with van der Waals surface area (Å²) in [5.41, 5.74) is 3.72. The zero-order valence-corrected chi connectivity index (χ0v) is 12.2. The molecule has 0 spiro atoms. The average molecular weight is 281 g/mol. The van der Waals surface area contributed by atoms with E-state index < -0.39 is 10.0 Å². The molecule has 0 aliphatic heterocycles. The zero-order valence-electron chi connectivity index (χ0n) is 10.5. The average Bonchev–Trinajstić information content (AvgIpc) is 2.66. The summed E-state index contributed by atoms with van der Waals surface area (Å²) < 4.78 is 25.5. The van der Waals surface area contributed by atoms with E-state index in [9.17, 15) is 8.42 Å². The number of nitrogens with one attached hydrogen (secondary N) is 1. The summed E-state index contributed by atoms with van der Waals surface area (Å²) in [5.74, 6) is 0. The molecule has 0 aliphatic carbocycles. The van der Waals surface area contributed by atoms with E-state index in [1.54, 1.807) is 11.3 Å². The summed E-state index contributed by atoms with van der Waals surface area (Å²) in [7, 11) is -3.27. The van der Waals surface area contributed by atoms with Gasteiger partial charge in [-0.05, 0) is 42.5 Å². The first kappa shape index (κ1) is 13.1. The number of rotatable bonds is 3. The molecule has 1 aromatic heterocycles. The van der Waals surface area contributed by atoms with Crippen molar-refractivity contribution in [1.29, 1.82) is 0 Å². The minimum Gasteiger partial charge on any atom is -0.283 e. The highest BCUT2D eigenvalue weighted by atomic mass is 32.2. The molecule has 1 heterocycles. The maximum atomic E-state index is 11.4. The highest BCUT2D eigenvalue weighted by Crippen LogP contribution is 2.35. The zero-order chi connectivity index (χ0) is 13.3. The third-order valence-electron chi connectivity index (χ3n) is 2.54. The fraction of sp³-hybridized carbons (Fsp3) is 0.231. The van der Waals surface area contributed by atoms with E-state index in [0.29, 0.717) is 5.69 Å². The normalized spacial score (nSPS) is 11.5. The van der Waals surface area contributed by atoms with E-state index >= 15 is 0 Å². The Balaban J connectivity index is 2.63. The van der Waals surface area contributed by atoms with Crippen molar-refractivity contribution in [3.63, 3.8) is 0 Å². The van der Waals surface area contributed by atoms with E-state index in [2.05, 4.69) is 10.8 Å². The first-order valence-electron chi connectivity index (χ1n) is 5.50. The van der Waals surface area contributed by atoms with Crippen molar-refractivity contribution >= 4 is 27.0 Å². The molecule has 0 atom stereocenters. The van der Waals surface area contributed by atoms with Crippen molar-refractivity contribution in [1.82, 2.24) is 0 Å². The molecule has 0 amide bonds. The second-order valence-corrected chi connectivity index (χ2v) is 7.05. The fourth-order valence-electron chi connectivity index (χ4n) is 2.00. The predicted molar refractivity (Wildman–Crippen MR) is 77.7 cm³/mol. The van der Waals surface area contributed by atoms with Gasteiger partial charge >= 0.3 is 0 Å². The van der Waals surface area contributed by atoms with Crippen molar-refractivity contribution in [2.75, 3.05) is 11.0 Å². The van der Waals surface area contributed by atoms with Crippen LogP contribution in [0.1, 0.15) is 11.1 Å². The Bertz CT molecular complexity index is 659. The lowest BCUT2D eigenvalue weighted by molar-refractivity contribution is 0.607. The van der Waals surface area contributed by atoms with Crippen LogP contribution in [0.5, 0.6) is 0 Å². The number of anilines is 1. The van der Waals surface area contributed by atoms with Crippen LogP contribution in [0.4, 0.5) is 5.69 Å². The van der Waals surface area contributed by atoms with Crippen molar-refractivity contribution < 1.29 is 8.42 Å². The second-order valence-electron chi connectivity index (χ2n) is 4.36. The smallest absolute Gasteiger partial charge is 0.229 e. The number of hydrogen-bond acceptors (Lipinski definition) is 3. The monoisotopic (exact) mass is 281 g/mol. The van der Waals surface area contributed by atoms with Crippen LogP contribution in [0, 0.1) is 13.8 Å². The number of benzene rings is 1. The molecule has 3 nitrogen and oxygen atoms in total. The Kier molecular flexibility index (Phi) is 3.45. The van der Waals surface area contributed by atoms with Crippen LogP contribution < -0.4 is 4.72 Å². The van der Waals surface area contributed by atoms with Crippen LogP contribution >= 0.6 is 11.3 Å². The van der Waals surface area contributed by atoms with Crippen molar-refractivity contribution in [3.05, 3.63) is 40.8 Å². The molecule has 0 aliphatic rings. The van der Waals surface area contributed by atoms with E-state index in [0.717, 1.165) is 21.6 Å². The van der Waals surface area contributed by atoms with Gasteiger partial charge < -0.3 is 0 Å². The molecular weight excluding hydrogens is 266 g/mol. The first-order chi connectivity index (χ1) is 8.37. The van der Waals surface area contributed by atoms with Gasteiger partial charge in [-0.3, -0.25) is 4.72 Å². The molecule has 0 fully saturated rings. The highest BCUT2D eigenvalue weighted by Gasteiger charge is 2.13. The molecule has 0 saturated carbocycles. The van der Waals surface area contributed by atoms with Gasteiger partial charge in [-0.15, -0.1) is 11.3 Å². The number of sulfonamides is 1. The molecule has 96 valence electrons. The minimum atomic E-state index is -3.27. The second kappa shape index (κ2) is 4.74. The van der Waals surface area contributed by atoms with Gasteiger partial charge in [-0.1, -0.05) is 12.1 Å². The summed E-state index contributed by atoms with van der Waals surface area (Å²) in [4.78, 5) is 1.07. The third-order valence-corrected chi connectivity index (χ3v) is 4.02. The van der Waals surface area contributed by atoms with Crippen LogP contribution in [0.25, 0.3) is 10.4 Å². The molecule has 5 heteroatoms. The lowest BCUT2D eigenvalue weighted by Gasteiger charge is -2.13. The molecule has 0 unspecified atom stereocenters. The van der Waals surface area contributed by atoms with Gasteiger partial charge in [-0.2, -0.15) is 0 Å². The molecule has 2 rings (SSSR count). The number of aryl methyl sites for hydroxylation is 2. The summed E-state index contributed by atoms with van der Waals surface area (Å²) in [6.07, 6.45) is 1.17. The Morgan fingerprint density at radius 2 is 1.94 bits per heavy atom. The van der Waals surface area contributed by atoms with Gasteiger partial charge in [0.15, 0.2) is 0 Å². The van der Waals surface area contributed by atoms with Crippen LogP contribution in [0.3, 0.4) is 0 Å². The maximum Gasteiger partial charge on any atom is 0.229 e. The van der Waals surface area contributed by atoms with Gasteiger partial charge in [0.2, 0.25) is 10.0 Å². The van der Waals surface area contributed by atoms with Gasteiger partial charge in [0.25, 0.3) is 0 Å². The van der Waals surface area contributed by atoms with Gasteiger partial charge in [0, 0.05) is 10.4 Å². The summed E-state index contributed by atoms with van der Waals surface area (Å²) in [5, 5.41) is 1.98. The topological polar surface area (TPSA) is 46.2 Å². The molecule has 1 N–H and O–H groups in total. The van der Waals surface area contributed by atoms with E-state index in [-0.39, 0.29) is 0 Å². The Labute approximate surface area is 112 Å². The van der Waals surface area contributed by atoms with Gasteiger partial charge in [-0.25, -0.2) is 8.42 Å². The van der Waals surface area contributed by atoms with E-state index in [1.807, 2.05) is 37.4 Å². The molecular formula is C13H15NO2S2. The third kappa shape index (κ3) is 2.91. The summed E-state index contributed by atoms with van der Waals surface area (Å²) >= 11 is 1.60. The highest BCUT2D eigenvalue weighted by molar-refractivity contribution is 7.92. The molecule has 0 radical (unpaired) electrons. The van der Waals surface area contributed by atoms with Crippen molar-refractivity contribution in [3.8, 4) is 10.4 Å². The van der Waals surface area contributed by atoms with Crippen LogP contribution in [0.2, 0.25) is 0 Å². The molecule has 1 aromatic carbocycles. The quantitative estimate of drug-likeness (QED) is 0.937. The number of thiophene rings is 1.